The van der Waals surface area contributed by atoms with Crippen LogP contribution in [0.4, 0.5) is 4.39 Å². The highest BCUT2D eigenvalue weighted by atomic mass is 19.1. The van der Waals surface area contributed by atoms with E-state index in [1.807, 2.05) is 6.07 Å². The Morgan fingerprint density at radius 3 is 2.88 bits per heavy atom. The van der Waals surface area contributed by atoms with Crippen molar-refractivity contribution in [1.82, 2.24) is 10.2 Å². The molecule has 0 aromatic heterocycles. The molecule has 0 aliphatic rings. The highest BCUT2D eigenvalue weighted by Gasteiger charge is 2.00. The van der Waals surface area contributed by atoms with Gasteiger partial charge in [-0.2, -0.15) is 0 Å². The Bertz CT molecular complexity index is 302. The molecule has 0 unspecified atom stereocenters. The summed E-state index contributed by atoms with van der Waals surface area (Å²) in [6, 6.07) is 6.80. The Morgan fingerprint density at radius 1 is 1.38 bits per heavy atom. The zero-order valence-corrected chi connectivity index (χ0v) is 10.2. The summed E-state index contributed by atoms with van der Waals surface area (Å²) >= 11 is 0. The van der Waals surface area contributed by atoms with Crippen LogP contribution in [-0.4, -0.2) is 31.6 Å². The number of benzene rings is 1. The van der Waals surface area contributed by atoms with E-state index in [1.165, 1.54) is 6.07 Å². The van der Waals surface area contributed by atoms with Gasteiger partial charge in [0.1, 0.15) is 5.82 Å². The van der Waals surface area contributed by atoms with Crippen molar-refractivity contribution in [2.75, 3.05) is 26.7 Å². The van der Waals surface area contributed by atoms with Gasteiger partial charge in [0.05, 0.1) is 0 Å². The fourth-order valence-electron chi connectivity index (χ4n) is 1.68. The monoisotopic (exact) mass is 224 g/mol. The zero-order valence-electron chi connectivity index (χ0n) is 10.2. The van der Waals surface area contributed by atoms with Gasteiger partial charge in [-0.15, -0.1) is 0 Å². The predicted molar refractivity (Wildman–Crippen MR) is 65.9 cm³/mol. The summed E-state index contributed by atoms with van der Waals surface area (Å²) in [5, 5.41) is 3.29. The van der Waals surface area contributed by atoms with Gasteiger partial charge < -0.3 is 10.2 Å². The van der Waals surface area contributed by atoms with Crippen LogP contribution in [0.25, 0.3) is 0 Å². The van der Waals surface area contributed by atoms with Crippen LogP contribution >= 0.6 is 0 Å². The maximum Gasteiger partial charge on any atom is 0.123 e. The molecule has 0 radical (unpaired) electrons. The molecule has 0 aliphatic heterocycles. The first-order chi connectivity index (χ1) is 7.72. The molecule has 1 N–H and O–H groups in total. The molecule has 1 aromatic rings. The summed E-state index contributed by atoms with van der Waals surface area (Å²) in [6.45, 7) is 6.02. The van der Waals surface area contributed by atoms with E-state index in [2.05, 4.69) is 24.2 Å². The Hall–Kier alpha value is -0.930. The number of halogens is 1. The lowest BCUT2D eigenvalue weighted by molar-refractivity contribution is 0.319. The molecule has 0 aliphatic carbocycles. The maximum atomic E-state index is 12.9. The summed E-state index contributed by atoms with van der Waals surface area (Å²) in [7, 11) is 2.07. The van der Waals surface area contributed by atoms with Crippen molar-refractivity contribution in [2.45, 2.75) is 19.9 Å². The summed E-state index contributed by atoms with van der Waals surface area (Å²) in [5.41, 5.74) is 1.03. The van der Waals surface area contributed by atoms with Crippen LogP contribution in [0.5, 0.6) is 0 Å². The third-order valence-corrected chi connectivity index (χ3v) is 2.48. The van der Waals surface area contributed by atoms with Crippen molar-refractivity contribution in [3.8, 4) is 0 Å². The standard InChI is InChI=1S/C13H21FN2/c1-3-15-8-5-9-16(2)11-12-6-4-7-13(14)10-12/h4,6-7,10,15H,3,5,8-9,11H2,1-2H3. The topological polar surface area (TPSA) is 15.3 Å². The summed E-state index contributed by atoms with van der Waals surface area (Å²) in [6.07, 6.45) is 1.12. The third-order valence-electron chi connectivity index (χ3n) is 2.48. The minimum absolute atomic E-state index is 0.154. The lowest BCUT2D eigenvalue weighted by Crippen LogP contribution is -2.23. The van der Waals surface area contributed by atoms with Gasteiger partial charge in [0.25, 0.3) is 0 Å². The minimum Gasteiger partial charge on any atom is -0.317 e. The number of nitrogens with one attached hydrogen (secondary N) is 1. The Balaban J connectivity index is 2.25. The number of nitrogens with zero attached hydrogens (tertiary/aromatic N) is 1. The van der Waals surface area contributed by atoms with Gasteiger partial charge in [0.2, 0.25) is 0 Å². The fourth-order valence-corrected chi connectivity index (χ4v) is 1.68. The van der Waals surface area contributed by atoms with E-state index in [1.54, 1.807) is 12.1 Å². The van der Waals surface area contributed by atoms with Crippen LogP contribution in [0, 0.1) is 5.82 Å². The second-order valence-electron chi connectivity index (χ2n) is 4.07. The molecule has 0 bridgehead atoms. The zero-order chi connectivity index (χ0) is 11.8. The number of hydrogen-bond donors (Lipinski definition) is 1. The summed E-state index contributed by atoms with van der Waals surface area (Å²) in [4.78, 5) is 2.21. The molecule has 90 valence electrons. The highest BCUT2D eigenvalue weighted by molar-refractivity contribution is 5.15. The van der Waals surface area contributed by atoms with Gasteiger partial charge in [-0.3, -0.25) is 0 Å². The van der Waals surface area contributed by atoms with E-state index in [-0.39, 0.29) is 5.82 Å². The molecule has 0 fully saturated rings. The molecule has 0 saturated carbocycles. The second kappa shape index (κ2) is 7.36. The van der Waals surface area contributed by atoms with Crippen molar-refractivity contribution >= 4 is 0 Å². The van der Waals surface area contributed by atoms with Crippen molar-refractivity contribution < 1.29 is 4.39 Å². The molecule has 0 amide bonds. The van der Waals surface area contributed by atoms with E-state index in [4.69, 9.17) is 0 Å². The predicted octanol–water partition coefficient (Wildman–Crippen LogP) is 2.26. The van der Waals surface area contributed by atoms with Crippen molar-refractivity contribution in [3.63, 3.8) is 0 Å². The number of rotatable bonds is 7. The molecule has 0 atom stereocenters. The first kappa shape index (κ1) is 13.1. The van der Waals surface area contributed by atoms with Crippen LogP contribution in [-0.2, 0) is 6.54 Å². The molecule has 3 heteroatoms. The van der Waals surface area contributed by atoms with Gasteiger partial charge in [-0.05, 0) is 50.8 Å². The van der Waals surface area contributed by atoms with E-state index in [0.29, 0.717) is 0 Å². The molecule has 1 rings (SSSR count). The van der Waals surface area contributed by atoms with E-state index in [0.717, 1.165) is 38.2 Å². The maximum absolute atomic E-state index is 12.9. The SMILES string of the molecule is CCNCCCN(C)Cc1cccc(F)c1. The van der Waals surface area contributed by atoms with Crippen molar-refractivity contribution in [2.24, 2.45) is 0 Å². The van der Waals surface area contributed by atoms with Gasteiger partial charge in [-0.25, -0.2) is 4.39 Å². The molecule has 0 spiro atoms. The Morgan fingerprint density at radius 2 is 2.19 bits per heavy atom. The first-order valence-electron chi connectivity index (χ1n) is 5.86. The molecule has 2 nitrogen and oxygen atoms in total. The molecule has 16 heavy (non-hydrogen) atoms. The van der Waals surface area contributed by atoms with Crippen LogP contribution in [0.2, 0.25) is 0 Å². The Kier molecular flexibility index (Phi) is 6.04. The van der Waals surface area contributed by atoms with E-state index >= 15 is 0 Å². The van der Waals surface area contributed by atoms with Crippen LogP contribution in [0.3, 0.4) is 0 Å². The van der Waals surface area contributed by atoms with Gasteiger partial charge in [0, 0.05) is 6.54 Å². The molecular weight excluding hydrogens is 203 g/mol. The van der Waals surface area contributed by atoms with Gasteiger partial charge in [0.15, 0.2) is 0 Å². The van der Waals surface area contributed by atoms with Crippen LogP contribution in [0.15, 0.2) is 24.3 Å². The highest BCUT2D eigenvalue weighted by Crippen LogP contribution is 2.06. The largest absolute Gasteiger partial charge is 0.317 e. The average molecular weight is 224 g/mol. The number of hydrogen-bond acceptors (Lipinski definition) is 2. The second-order valence-corrected chi connectivity index (χ2v) is 4.07. The smallest absolute Gasteiger partial charge is 0.123 e. The van der Waals surface area contributed by atoms with Gasteiger partial charge >= 0.3 is 0 Å². The van der Waals surface area contributed by atoms with Crippen LogP contribution in [0.1, 0.15) is 18.9 Å². The fraction of sp³-hybridized carbons (Fsp3) is 0.538. The average Bonchev–Trinajstić information content (AvgIpc) is 2.24. The molecular formula is C13H21FN2. The Labute approximate surface area is 97.5 Å². The van der Waals surface area contributed by atoms with E-state index in [9.17, 15) is 4.39 Å². The molecule has 0 saturated heterocycles. The quantitative estimate of drug-likeness (QED) is 0.715. The van der Waals surface area contributed by atoms with Crippen molar-refractivity contribution in [3.05, 3.63) is 35.6 Å². The molecule has 1 aromatic carbocycles. The van der Waals surface area contributed by atoms with E-state index < -0.39 is 0 Å². The lowest BCUT2D eigenvalue weighted by atomic mass is 10.2. The van der Waals surface area contributed by atoms with Gasteiger partial charge in [-0.1, -0.05) is 19.1 Å². The third kappa shape index (κ3) is 5.24. The van der Waals surface area contributed by atoms with Crippen molar-refractivity contribution in [1.29, 1.82) is 0 Å². The lowest BCUT2D eigenvalue weighted by Gasteiger charge is -2.16. The summed E-state index contributed by atoms with van der Waals surface area (Å²) in [5.74, 6) is -0.154. The minimum atomic E-state index is -0.154. The molecule has 0 heterocycles. The normalized spacial score (nSPS) is 11.0. The van der Waals surface area contributed by atoms with Crippen LogP contribution < -0.4 is 5.32 Å². The first-order valence-corrected chi connectivity index (χ1v) is 5.86. The summed E-state index contributed by atoms with van der Waals surface area (Å²) < 4.78 is 12.9.